The second kappa shape index (κ2) is 3.29. The van der Waals surface area contributed by atoms with Gasteiger partial charge in [0.25, 0.3) is 0 Å². The summed E-state index contributed by atoms with van der Waals surface area (Å²) in [6, 6.07) is 0. The third kappa shape index (κ3) is 1.70. The number of fused-ring (bicyclic) bond motifs is 2. The van der Waals surface area contributed by atoms with Crippen LogP contribution in [0.15, 0.2) is 0 Å². The van der Waals surface area contributed by atoms with Crippen molar-refractivity contribution in [1.29, 1.82) is 0 Å². The van der Waals surface area contributed by atoms with E-state index in [0.29, 0.717) is 11.8 Å². The summed E-state index contributed by atoms with van der Waals surface area (Å²) in [5.41, 5.74) is 0.410. The van der Waals surface area contributed by atoms with E-state index in [1.165, 1.54) is 19.4 Å². The molecule has 2 N–H and O–H groups in total. The number of amides is 1. The van der Waals surface area contributed by atoms with Gasteiger partial charge in [-0.15, -0.1) is 0 Å². The smallest absolute Gasteiger partial charge is 0.219 e. The van der Waals surface area contributed by atoms with Gasteiger partial charge in [-0.05, 0) is 25.3 Å². The van der Waals surface area contributed by atoms with Crippen LogP contribution in [0.4, 0.5) is 0 Å². The van der Waals surface area contributed by atoms with E-state index >= 15 is 0 Å². The lowest BCUT2D eigenvalue weighted by Gasteiger charge is -2.52. The number of rotatable bonds is 3. The molecule has 1 aliphatic carbocycles. The summed E-state index contributed by atoms with van der Waals surface area (Å²) < 4.78 is 0. The van der Waals surface area contributed by atoms with Crippen LogP contribution in [0.1, 0.15) is 26.2 Å². The normalized spacial score (nSPS) is 36.5. The van der Waals surface area contributed by atoms with Crippen LogP contribution in [0.2, 0.25) is 0 Å². The zero-order chi connectivity index (χ0) is 9.31. The fourth-order valence-electron chi connectivity index (χ4n) is 2.61. The second-order valence-corrected chi connectivity index (χ2v) is 4.54. The molecule has 2 bridgehead atoms. The van der Waals surface area contributed by atoms with E-state index in [1.54, 1.807) is 0 Å². The summed E-state index contributed by atoms with van der Waals surface area (Å²) in [5.74, 6) is 1.07. The molecule has 1 amide bonds. The lowest BCUT2D eigenvalue weighted by molar-refractivity contribution is -0.122. The lowest BCUT2D eigenvalue weighted by Crippen LogP contribution is -2.59. The van der Waals surface area contributed by atoms with Crippen molar-refractivity contribution in [2.75, 3.05) is 19.6 Å². The van der Waals surface area contributed by atoms with Crippen molar-refractivity contribution in [2.24, 2.45) is 11.3 Å². The van der Waals surface area contributed by atoms with Gasteiger partial charge in [-0.25, -0.2) is 0 Å². The minimum Gasteiger partial charge on any atom is -0.356 e. The van der Waals surface area contributed by atoms with Crippen LogP contribution in [-0.2, 0) is 4.79 Å². The third-order valence-corrected chi connectivity index (χ3v) is 3.36. The quantitative estimate of drug-likeness (QED) is 0.668. The van der Waals surface area contributed by atoms with Crippen molar-refractivity contribution in [1.82, 2.24) is 10.6 Å². The minimum absolute atomic E-state index is 0.184. The van der Waals surface area contributed by atoms with Gasteiger partial charge in [0.1, 0.15) is 0 Å². The molecule has 0 radical (unpaired) electrons. The molecule has 0 atom stereocenters. The maximum absolute atomic E-state index is 11.1. The molecule has 3 aliphatic rings. The molecule has 1 saturated carbocycles. The van der Waals surface area contributed by atoms with Gasteiger partial charge in [-0.1, -0.05) is 6.92 Å². The van der Waals surface area contributed by atoms with E-state index in [-0.39, 0.29) is 5.91 Å². The average molecular weight is 182 g/mol. The molecule has 0 unspecified atom stereocenters. The highest BCUT2D eigenvalue weighted by atomic mass is 16.1. The number of hydrogen-bond acceptors (Lipinski definition) is 2. The Morgan fingerprint density at radius 3 is 2.92 bits per heavy atom. The summed E-state index contributed by atoms with van der Waals surface area (Å²) in [6.07, 6.45) is 3.22. The summed E-state index contributed by atoms with van der Waals surface area (Å²) in [5, 5.41) is 6.42. The summed E-state index contributed by atoms with van der Waals surface area (Å²) >= 11 is 0. The third-order valence-electron chi connectivity index (χ3n) is 3.36. The van der Waals surface area contributed by atoms with Gasteiger partial charge in [-0.2, -0.15) is 0 Å². The molecule has 3 heteroatoms. The largest absolute Gasteiger partial charge is 0.356 e. The van der Waals surface area contributed by atoms with E-state index in [1.807, 2.05) is 6.92 Å². The van der Waals surface area contributed by atoms with Crippen molar-refractivity contribution in [3.63, 3.8) is 0 Å². The molecule has 13 heavy (non-hydrogen) atoms. The van der Waals surface area contributed by atoms with E-state index in [9.17, 15) is 4.79 Å². The van der Waals surface area contributed by atoms with Crippen molar-refractivity contribution in [3.05, 3.63) is 0 Å². The van der Waals surface area contributed by atoms with Crippen LogP contribution >= 0.6 is 0 Å². The molecule has 0 aromatic rings. The molecule has 0 aromatic heterocycles. The Labute approximate surface area is 79.3 Å². The zero-order valence-corrected chi connectivity index (χ0v) is 8.23. The number of nitrogens with one attached hydrogen (secondary N) is 2. The SMILES string of the molecule is CCC(=O)NCC12CNCC(C1)C2. The van der Waals surface area contributed by atoms with Crippen molar-refractivity contribution in [2.45, 2.75) is 26.2 Å². The van der Waals surface area contributed by atoms with E-state index in [2.05, 4.69) is 10.6 Å². The fraction of sp³-hybridized carbons (Fsp3) is 0.900. The number of carbonyl (C=O) groups excluding carboxylic acids is 1. The van der Waals surface area contributed by atoms with E-state index in [4.69, 9.17) is 0 Å². The predicted octanol–water partition coefficient (Wildman–Crippen LogP) is 0.512. The molecule has 0 aromatic carbocycles. The molecule has 0 spiro atoms. The van der Waals surface area contributed by atoms with Crippen molar-refractivity contribution < 1.29 is 4.79 Å². The van der Waals surface area contributed by atoms with Gasteiger partial charge >= 0.3 is 0 Å². The molecular formula is C10H18N2O. The molecule has 3 rings (SSSR count). The summed E-state index contributed by atoms with van der Waals surface area (Å²) in [4.78, 5) is 11.1. The lowest BCUT2D eigenvalue weighted by atomic mass is 9.59. The maximum atomic E-state index is 11.1. The highest BCUT2D eigenvalue weighted by Gasteiger charge is 2.46. The molecule has 2 aliphatic heterocycles. The molecule has 3 fully saturated rings. The predicted molar refractivity (Wildman–Crippen MR) is 51.3 cm³/mol. The molecular weight excluding hydrogens is 164 g/mol. The van der Waals surface area contributed by atoms with Gasteiger partial charge in [0, 0.05) is 24.9 Å². The number of hydrogen-bond donors (Lipinski definition) is 2. The van der Waals surface area contributed by atoms with Crippen LogP contribution < -0.4 is 10.6 Å². The first-order valence-corrected chi connectivity index (χ1v) is 5.21. The minimum atomic E-state index is 0.184. The Balaban J connectivity index is 1.78. The van der Waals surface area contributed by atoms with Gasteiger partial charge in [0.2, 0.25) is 5.91 Å². The summed E-state index contributed by atoms with van der Waals surface area (Å²) in [6.45, 7) is 5.05. The Bertz CT molecular complexity index is 203. The Morgan fingerprint density at radius 2 is 2.38 bits per heavy atom. The Kier molecular flexibility index (Phi) is 2.28. The summed E-state index contributed by atoms with van der Waals surface area (Å²) in [7, 11) is 0. The first-order valence-electron chi connectivity index (χ1n) is 5.21. The monoisotopic (exact) mass is 182 g/mol. The Hall–Kier alpha value is -0.570. The van der Waals surface area contributed by atoms with Gasteiger partial charge in [0.05, 0.1) is 0 Å². The van der Waals surface area contributed by atoms with Crippen LogP contribution in [0.25, 0.3) is 0 Å². The standard InChI is InChI=1S/C10H18N2O/c1-2-9(13)12-7-10-3-8(4-10)5-11-6-10/h8,11H,2-7H2,1H3,(H,12,13). The molecule has 74 valence electrons. The van der Waals surface area contributed by atoms with Gasteiger partial charge in [0.15, 0.2) is 0 Å². The zero-order valence-electron chi connectivity index (χ0n) is 8.23. The Morgan fingerprint density at radius 1 is 1.62 bits per heavy atom. The molecule has 2 heterocycles. The first kappa shape index (κ1) is 9.00. The van der Waals surface area contributed by atoms with E-state index in [0.717, 1.165) is 19.0 Å². The van der Waals surface area contributed by atoms with Crippen LogP contribution in [0, 0.1) is 11.3 Å². The highest BCUT2D eigenvalue weighted by molar-refractivity contribution is 5.75. The van der Waals surface area contributed by atoms with Crippen LogP contribution in [0.5, 0.6) is 0 Å². The average Bonchev–Trinajstić information content (AvgIpc) is 2.14. The topological polar surface area (TPSA) is 41.1 Å². The van der Waals surface area contributed by atoms with Crippen molar-refractivity contribution in [3.8, 4) is 0 Å². The fourth-order valence-corrected chi connectivity index (χ4v) is 2.61. The number of carbonyl (C=O) groups is 1. The van der Waals surface area contributed by atoms with Crippen LogP contribution in [0.3, 0.4) is 0 Å². The molecule has 3 nitrogen and oxygen atoms in total. The molecule has 2 saturated heterocycles. The second-order valence-electron chi connectivity index (χ2n) is 4.54. The van der Waals surface area contributed by atoms with E-state index < -0.39 is 0 Å². The number of piperidine rings is 2. The highest BCUT2D eigenvalue weighted by Crippen LogP contribution is 2.47. The first-order chi connectivity index (χ1) is 6.24. The van der Waals surface area contributed by atoms with Crippen molar-refractivity contribution >= 4 is 5.91 Å². The van der Waals surface area contributed by atoms with Crippen LogP contribution in [-0.4, -0.2) is 25.5 Å². The van der Waals surface area contributed by atoms with Gasteiger partial charge in [-0.3, -0.25) is 4.79 Å². The maximum Gasteiger partial charge on any atom is 0.219 e. The van der Waals surface area contributed by atoms with Gasteiger partial charge < -0.3 is 10.6 Å².